The van der Waals surface area contributed by atoms with E-state index < -0.39 is 11.7 Å². The summed E-state index contributed by atoms with van der Waals surface area (Å²) in [5, 5.41) is 10.8. The van der Waals surface area contributed by atoms with Crippen molar-refractivity contribution in [3.05, 3.63) is 58.4 Å². The molecule has 2 heterocycles. The summed E-state index contributed by atoms with van der Waals surface area (Å²) in [5.41, 5.74) is 1.18. The molecule has 1 unspecified atom stereocenters. The van der Waals surface area contributed by atoms with Crippen molar-refractivity contribution in [2.75, 3.05) is 13.9 Å². The quantitative estimate of drug-likeness (QED) is 0.696. The van der Waals surface area contributed by atoms with Crippen LogP contribution in [0.15, 0.2) is 51.9 Å². The molecule has 1 aliphatic rings. The Hall–Kier alpha value is -2.83. The number of ether oxygens (including phenoxy) is 3. The lowest BCUT2D eigenvalue weighted by molar-refractivity contribution is -0.0415. The summed E-state index contributed by atoms with van der Waals surface area (Å²) < 4.78 is 22.6. The number of hydrogen-bond donors (Lipinski definition) is 1. The average molecular weight is 382 g/mol. The van der Waals surface area contributed by atoms with Gasteiger partial charge in [0.25, 0.3) is 0 Å². The first-order valence-electron chi connectivity index (χ1n) is 9.08. The lowest BCUT2D eigenvalue weighted by atomic mass is 9.89. The highest BCUT2D eigenvalue weighted by atomic mass is 16.7. The summed E-state index contributed by atoms with van der Waals surface area (Å²) >= 11 is 0. The Labute approximate surface area is 162 Å². The molecule has 0 fully saturated rings. The molecule has 146 valence electrons. The molecule has 1 aliphatic heterocycles. The van der Waals surface area contributed by atoms with Gasteiger partial charge in [0.2, 0.25) is 5.43 Å². The van der Waals surface area contributed by atoms with Crippen LogP contribution in [0.2, 0.25) is 0 Å². The first-order chi connectivity index (χ1) is 13.4. The van der Waals surface area contributed by atoms with E-state index in [1.54, 1.807) is 19.9 Å². The second-order valence-corrected chi connectivity index (χ2v) is 7.38. The summed E-state index contributed by atoms with van der Waals surface area (Å²) in [5.74, 6) is 0.861. The summed E-state index contributed by atoms with van der Waals surface area (Å²) in [7, 11) is 1.52. The van der Waals surface area contributed by atoms with E-state index in [1.807, 2.05) is 30.3 Å². The maximum atomic E-state index is 13.4. The van der Waals surface area contributed by atoms with Gasteiger partial charge in [0, 0.05) is 25.2 Å². The van der Waals surface area contributed by atoms with E-state index in [2.05, 4.69) is 0 Å². The van der Waals surface area contributed by atoms with E-state index in [-0.39, 0.29) is 12.2 Å². The third kappa shape index (κ3) is 3.04. The van der Waals surface area contributed by atoms with Crippen LogP contribution in [0.4, 0.5) is 0 Å². The number of benzene rings is 2. The minimum Gasteiger partial charge on any atom is -0.484 e. The Balaban J connectivity index is 2.00. The molecule has 0 bridgehead atoms. The maximum absolute atomic E-state index is 13.4. The zero-order valence-corrected chi connectivity index (χ0v) is 16.0. The minimum atomic E-state index is -0.852. The Morgan fingerprint density at radius 3 is 2.71 bits per heavy atom. The molecule has 0 aliphatic carbocycles. The van der Waals surface area contributed by atoms with Crippen LogP contribution in [0, 0.1) is 0 Å². The van der Waals surface area contributed by atoms with Gasteiger partial charge in [-0.3, -0.25) is 4.79 Å². The number of aliphatic hydroxyl groups is 1. The number of rotatable bonds is 4. The van der Waals surface area contributed by atoms with Gasteiger partial charge in [-0.1, -0.05) is 30.3 Å². The molecule has 0 radical (unpaired) electrons. The number of methoxy groups -OCH3 is 1. The van der Waals surface area contributed by atoms with Crippen molar-refractivity contribution >= 4 is 11.0 Å². The molecule has 2 aromatic carbocycles. The van der Waals surface area contributed by atoms with Crippen LogP contribution in [0.1, 0.15) is 19.4 Å². The Bertz CT molecular complexity index is 1070. The first-order valence-corrected chi connectivity index (χ1v) is 9.08. The van der Waals surface area contributed by atoms with Gasteiger partial charge >= 0.3 is 0 Å². The number of aliphatic hydroxyl groups excluding tert-OH is 1. The Morgan fingerprint density at radius 1 is 1.25 bits per heavy atom. The molecule has 4 rings (SSSR count). The SMILES string of the molecule is COCOc1cc2occ(-c3ccccc3)c(=O)c2c2c1CC(O)C(C)(C)O2. The highest BCUT2D eigenvalue weighted by molar-refractivity contribution is 5.90. The van der Waals surface area contributed by atoms with Gasteiger partial charge < -0.3 is 23.7 Å². The topological polar surface area (TPSA) is 78.1 Å². The van der Waals surface area contributed by atoms with E-state index in [9.17, 15) is 9.90 Å². The molecule has 0 saturated heterocycles. The highest BCUT2D eigenvalue weighted by Crippen LogP contribution is 2.43. The van der Waals surface area contributed by atoms with Gasteiger partial charge in [0.15, 0.2) is 6.79 Å². The van der Waals surface area contributed by atoms with Gasteiger partial charge in [-0.05, 0) is 19.4 Å². The van der Waals surface area contributed by atoms with Crippen molar-refractivity contribution in [3.63, 3.8) is 0 Å². The largest absolute Gasteiger partial charge is 0.484 e. The van der Waals surface area contributed by atoms with E-state index >= 15 is 0 Å². The molecule has 3 aromatic rings. The van der Waals surface area contributed by atoms with Gasteiger partial charge in [0.1, 0.15) is 34.3 Å². The van der Waals surface area contributed by atoms with Crippen molar-refractivity contribution in [2.45, 2.75) is 32.0 Å². The Morgan fingerprint density at radius 2 is 2.00 bits per heavy atom. The monoisotopic (exact) mass is 382 g/mol. The van der Waals surface area contributed by atoms with E-state index in [0.29, 0.717) is 40.0 Å². The predicted molar refractivity (Wildman–Crippen MR) is 105 cm³/mol. The molecule has 1 aromatic heterocycles. The second-order valence-electron chi connectivity index (χ2n) is 7.38. The second kappa shape index (κ2) is 6.96. The molecule has 0 spiro atoms. The third-order valence-corrected chi connectivity index (χ3v) is 5.06. The lowest BCUT2D eigenvalue weighted by Crippen LogP contribution is -2.46. The summed E-state index contributed by atoms with van der Waals surface area (Å²) in [6.45, 7) is 3.61. The fourth-order valence-corrected chi connectivity index (χ4v) is 3.42. The maximum Gasteiger partial charge on any atom is 0.204 e. The van der Waals surface area contributed by atoms with Gasteiger partial charge in [-0.15, -0.1) is 0 Å². The predicted octanol–water partition coefficient (Wildman–Crippen LogP) is 3.52. The summed E-state index contributed by atoms with van der Waals surface area (Å²) in [6.07, 6.45) is 1.01. The molecule has 1 N–H and O–H groups in total. The first kappa shape index (κ1) is 18.5. The average Bonchev–Trinajstić information content (AvgIpc) is 2.68. The minimum absolute atomic E-state index is 0.0315. The van der Waals surface area contributed by atoms with E-state index in [4.69, 9.17) is 18.6 Å². The van der Waals surface area contributed by atoms with E-state index in [1.165, 1.54) is 13.4 Å². The van der Waals surface area contributed by atoms with Crippen LogP contribution in [0.5, 0.6) is 11.5 Å². The fourth-order valence-electron chi connectivity index (χ4n) is 3.42. The van der Waals surface area contributed by atoms with Crippen LogP contribution in [-0.2, 0) is 11.2 Å². The molecule has 0 amide bonds. The zero-order chi connectivity index (χ0) is 19.9. The van der Waals surface area contributed by atoms with Gasteiger partial charge in [0.05, 0.1) is 11.7 Å². The van der Waals surface area contributed by atoms with Crippen LogP contribution in [0.3, 0.4) is 0 Å². The van der Waals surface area contributed by atoms with Crippen LogP contribution in [0.25, 0.3) is 22.1 Å². The lowest BCUT2D eigenvalue weighted by Gasteiger charge is -2.37. The van der Waals surface area contributed by atoms with Crippen LogP contribution >= 0.6 is 0 Å². The van der Waals surface area contributed by atoms with Crippen molar-refractivity contribution in [2.24, 2.45) is 0 Å². The van der Waals surface area contributed by atoms with Gasteiger partial charge in [-0.2, -0.15) is 0 Å². The smallest absolute Gasteiger partial charge is 0.204 e. The molecule has 6 nitrogen and oxygen atoms in total. The number of fused-ring (bicyclic) bond motifs is 3. The van der Waals surface area contributed by atoms with Crippen molar-refractivity contribution in [1.29, 1.82) is 0 Å². The molecule has 0 saturated carbocycles. The number of hydrogen-bond acceptors (Lipinski definition) is 6. The van der Waals surface area contributed by atoms with Crippen molar-refractivity contribution < 1.29 is 23.7 Å². The molecule has 6 heteroatoms. The fraction of sp³-hybridized carbons (Fsp3) is 0.318. The van der Waals surface area contributed by atoms with Crippen molar-refractivity contribution in [3.8, 4) is 22.6 Å². The normalized spacial score (nSPS) is 17.8. The third-order valence-electron chi connectivity index (χ3n) is 5.06. The Kier molecular flexibility index (Phi) is 4.61. The molecular weight excluding hydrogens is 360 g/mol. The molecule has 28 heavy (non-hydrogen) atoms. The zero-order valence-electron chi connectivity index (χ0n) is 16.0. The summed E-state index contributed by atoms with van der Waals surface area (Å²) in [4.78, 5) is 13.4. The van der Waals surface area contributed by atoms with Gasteiger partial charge in [-0.25, -0.2) is 0 Å². The summed E-state index contributed by atoms with van der Waals surface area (Å²) in [6, 6.07) is 11.0. The standard InChI is InChI=1S/C22H22O6/c1-22(2)18(23)9-14-16(27-12-25-3)10-17-19(21(14)28-22)20(24)15(11-26-17)13-7-5-4-6-8-13/h4-8,10-11,18,23H,9,12H2,1-3H3. The molecular formula is C22H22O6. The van der Waals surface area contributed by atoms with E-state index in [0.717, 1.165) is 5.56 Å². The van der Waals surface area contributed by atoms with Crippen LogP contribution < -0.4 is 14.9 Å². The van der Waals surface area contributed by atoms with Crippen LogP contribution in [-0.4, -0.2) is 30.7 Å². The molecule has 1 atom stereocenters. The highest BCUT2D eigenvalue weighted by Gasteiger charge is 2.39. The van der Waals surface area contributed by atoms with Crippen molar-refractivity contribution in [1.82, 2.24) is 0 Å².